The van der Waals surface area contributed by atoms with Crippen LogP contribution in [0.25, 0.3) is 11.2 Å². The minimum Gasteiger partial charge on any atom is -0.489 e. The molecule has 0 spiro atoms. The van der Waals surface area contributed by atoms with Crippen LogP contribution >= 0.6 is 11.6 Å². The van der Waals surface area contributed by atoms with Crippen LogP contribution in [0.15, 0.2) is 60.8 Å². The first-order valence-electron chi connectivity index (χ1n) is 8.88. The zero-order valence-electron chi connectivity index (χ0n) is 15.2. The minimum atomic E-state index is 0.115. The number of ether oxygens (including phenoxy) is 1. The van der Waals surface area contributed by atoms with Crippen LogP contribution in [-0.2, 0) is 6.61 Å². The van der Waals surface area contributed by atoms with Gasteiger partial charge < -0.3 is 9.72 Å². The Bertz CT molecular complexity index is 1060. The summed E-state index contributed by atoms with van der Waals surface area (Å²) in [7, 11) is 0. The Balaban J connectivity index is 1.46. The van der Waals surface area contributed by atoms with Crippen LogP contribution in [0.2, 0.25) is 5.02 Å². The Kier molecular flexibility index (Phi) is 4.82. The normalized spacial score (nSPS) is 12.3. The van der Waals surface area contributed by atoms with Crippen LogP contribution in [0.1, 0.15) is 35.4 Å². The molecule has 4 nitrogen and oxygen atoms in total. The van der Waals surface area contributed by atoms with Crippen molar-refractivity contribution in [3.05, 3.63) is 88.3 Å². The maximum atomic E-state index is 5.99. The lowest BCUT2D eigenvalue weighted by Gasteiger charge is -2.11. The zero-order valence-corrected chi connectivity index (χ0v) is 16.0. The largest absolute Gasteiger partial charge is 0.489 e. The Hall–Kier alpha value is -2.85. The van der Waals surface area contributed by atoms with E-state index in [1.165, 1.54) is 5.56 Å². The van der Waals surface area contributed by atoms with Gasteiger partial charge in [-0.2, -0.15) is 0 Å². The molecule has 2 aromatic carbocycles. The van der Waals surface area contributed by atoms with E-state index in [0.29, 0.717) is 11.6 Å². The summed E-state index contributed by atoms with van der Waals surface area (Å²) in [4.78, 5) is 12.2. The van der Waals surface area contributed by atoms with Gasteiger partial charge in [0.2, 0.25) is 0 Å². The molecule has 1 unspecified atom stereocenters. The SMILES string of the molecule is Cc1ccc(COc2ccc(C(C)c3nc4cc(Cl)cnc4[nH]3)cc2)cc1. The van der Waals surface area contributed by atoms with E-state index in [1.807, 2.05) is 18.2 Å². The molecule has 2 aromatic heterocycles. The van der Waals surface area contributed by atoms with Gasteiger partial charge in [0.05, 0.1) is 5.02 Å². The van der Waals surface area contributed by atoms with Crippen molar-refractivity contribution in [3.63, 3.8) is 0 Å². The average molecular weight is 378 g/mol. The van der Waals surface area contributed by atoms with Crippen molar-refractivity contribution >= 4 is 22.8 Å². The highest BCUT2D eigenvalue weighted by Gasteiger charge is 2.14. The summed E-state index contributed by atoms with van der Waals surface area (Å²) in [6.07, 6.45) is 1.62. The first-order valence-corrected chi connectivity index (χ1v) is 9.26. The van der Waals surface area contributed by atoms with Crippen LogP contribution in [0, 0.1) is 6.92 Å². The summed E-state index contributed by atoms with van der Waals surface area (Å²) in [6.45, 7) is 4.75. The number of rotatable bonds is 5. The number of fused-ring (bicyclic) bond motifs is 1. The number of H-pyrrole nitrogens is 1. The van der Waals surface area contributed by atoms with Gasteiger partial charge in [-0.1, -0.05) is 60.5 Å². The van der Waals surface area contributed by atoms with Crippen molar-refractivity contribution in [2.45, 2.75) is 26.4 Å². The van der Waals surface area contributed by atoms with Crippen LogP contribution in [0.4, 0.5) is 0 Å². The van der Waals surface area contributed by atoms with Gasteiger partial charge in [-0.15, -0.1) is 0 Å². The van der Waals surface area contributed by atoms with Gasteiger partial charge in [0.25, 0.3) is 0 Å². The molecule has 0 aliphatic rings. The Morgan fingerprint density at radius 3 is 2.56 bits per heavy atom. The lowest BCUT2D eigenvalue weighted by molar-refractivity contribution is 0.306. The molecule has 0 aliphatic heterocycles. The highest BCUT2D eigenvalue weighted by Crippen LogP contribution is 2.26. The highest BCUT2D eigenvalue weighted by molar-refractivity contribution is 6.31. The van der Waals surface area contributed by atoms with Gasteiger partial charge >= 0.3 is 0 Å². The van der Waals surface area contributed by atoms with Gasteiger partial charge in [0.1, 0.15) is 23.7 Å². The van der Waals surface area contributed by atoms with E-state index in [1.54, 1.807) is 6.20 Å². The molecule has 1 atom stereocenters. The van der Waals surface area contributed by atoms with E-state index < -0.39 is 0 Å². The van der Waals surface area contributed by atoms with Crippen molar-refractivity contribution in [1.29, 1.82) is 0 Å². The minimum absolute atomic E-state index is 0.115. The number of imidazole rings is 1. The lowest BCUT2D eigenvalue weighted by atomic mass is 10.0. The number of aromatic nitrogens is 3. The van der Waals surface area contributed by atoms with Crippen LogP contribution in [0.3, 0.4) is 0 Å². The fourth-order valence-corrected chi connectivity index (χ4v) is 3.11. The van der Waals surface area contributed by atoms with Gasteiger partial charge in [-0.05, 0) is 36.2 Å². The summed E-state index contributed by atoms with van der Waals surface area (Å²) >= 11 is 5.99. The standard InChI is InChI=1S/C22H20ClN3O/c1-14-3-5-16(6-4-14)13-27-19-9-7-17(8-10-19)15(2)21-25-20-11-18(23)12-24-22(20)26-21/h3-12,15H,13H2,1-2H3,(H,24,25,26). The molecule has 0 fully saturated rings. The molecular weight excluding hydrogens is 358 g/mol. The van der Waals surface area contributed by atoms with Crippen molar-refractivity contribution in [2.24, 2.45) is 0 Å². The van der Waals surface area contributed by atoms with Gasteiger partial charge in [-0.25, -0.2) is 9.97 Å². The van der Waals surface area contributed by atoms with Crippen LogP contribution in [0.5, 0.6) is 5.75 Å². The smallest absolute Gasteiger partial charge is 0.157 e. The van der Waals surface area contributed by atoms with E-state index in [-0.39, 0.29) is 5.92 Å². The number of nitrogens with zero attached hydrogens (tertiary/aromatic N) is 2. The fraction of sp³-hybridized carbons (Fsp3) is 0.182. The molecule has 0 aliphatic carbocycles. The van der Waals surface area contributed by atoms with E-state index in [9.17, 15) is 0 Å². The van der Waals surface area contributed by atoms with E-state index in [4.69, 9.17) is 16.3 Å². The molecule has 0 saturated carbocycles. The number of hydrogen-bond donors (Lipinski definition) is 1. The highest BCUT2D eigenvalue weighted by atomic mass is 35.5. The number of aryl methyl sites for hydroxylation is 1. The second-order valence-corrected chi connectivity index (χ2v) is 7.14. The Morgan fingerprint density at radius 2 is 1.81 bits per heavy atom. The quantitative estimate of drug-likeness (QED) is 0.489. The van der Waals surface area contributed by atoms with Crippen LogP contribution < -0.4 is 4.74 Å². The molecule has 2 heterocycles. The predicted molar refractivity (Wildman–Crippen MR) is 108 cm³/mol. The van der Waals surface area contributed by atoms with E-state index in [0.717, 1.165) is 33.9 Å². The molecule has 0 amide bonds. The van der Waals surface area contributed by atoms with Gasteiger partial charge in [0.15, 0.2) is 5.65 Å². The maximum absolute atomic E-state index is 5.99. The summed E-state index contributed by atoms with van der Waals surface area (Å²) in [5.41, 5.74) is 5.09. The molecule has 0 bridgehead atoms. The molecule has 5 heteroatoms. The Morgan fingerprint density at radius 1 is 1.07 bits per heavy atom. The summed E-state index contributed by atoms with van der Waals surface area (Å²) in [6, 6.07) is 18.3. The first kappa shape index (κ1) is 17.6. The number of halogens is 1. The molecule has 0 saturated heterocycles. The Labute approximate surface area is 163 Å². The van der Waals surface area contributed by atoms with Crippen molar-refractivity contribution in [1.82, 2.24) is 15.0 Å². The average Bonchev–Trinajstić information content (AvgIpc) is 3.10. The predicted octanol–water partition coefficient (Wildman–Crippen LogP) is 5.65. The second kappa shape index (κ2) is 7.41. The number of aromatic amines is 1. The van der Waals surface area contributed by atoms with Crippen molar-refractivity contribution < 1.29 is 4.74 Å². The molecular formula is C22H20ClN3O. The lowest BCUT2D eigenvalue weighted by Crippen LogP contribution is -1.99. The molecule has 1 N–H and O–H groups in total. The molecule has 136 valence electrons. The third kappa shape index (κ3) is 3.96. The third-order valence-electron chi connectivity index (χ3n) is 4.64. The number of nitrogens with one attached hydrogen (secondary N) is 1. The summed E-state index contributed by atoms with van der Waals surface area (Å²) < 4.78 is 5.89. The van der Waals surface area contributed by atoms with Crippen molar-refractivity contribution in [3.8, 4) is 5.75 Å². The van der Waals surface area contributed by atoms with E-state index in [2.05, 4.69) is 65.2 Å². The second-order valence-electron chi connectivity index (χ2n) is 6.71. The van der Waals surface area contributed by atoms with Crippen LogP contribution in [-0.4, -0.2) is 15.0 Å². The zero-order chi connectivity index (χ0) is 18.8. The molecule has 4 rings (SSSR count). The first-order chi connectivity index (χ1) is 13.1. The molecule has 0 radical (unpaired) electrons. The number of benzene rings is 2. The third-order valence-corrected chi connectivity index (χ3v) is 4.84. The fourth-order valence-electron chi connectivity index (χ4n) is 2.96. The number of hydrogen-bond acceptors (Lipinski definition) is 3. The molecule has 4 aromatic rings. The maximum Gasteiger partial charge on any atom is 0.157 e. The topological polar surface area (TPSA) is 50.8 Å². The van der Waals surface area contributed by atoms with Gasteiger partial charge in [-0.3, -0.25) is 0 Å². The number of pyridine rings is 1. The van der Waals surface area contributed by atoms with Crippen molar-refractivity contribution in [2.75, 3.05) is 0 Å². The van der Waals surface area contributed by atoms with Gasteiger partial charge in [0, 0.05) is 12.1 Å². The summed E-state index contributed by atoms with van der Waals surface area (Å²) in [5, 5.41) is 0.586. The van der Waals surface area contributed by atoms with E-state index >= 15 is 0 Å². The summed E-state index contributed by atoms with van der Waals surface area (Å²) in [5.74, 6) is 1.83. The molecule has 27 heavy (non-hydrogen) atoms. The monoisotopic (exact) mass is 377 g/mol.